The second-order valence-corrected chi connectivity index (χ2v) is 10.3. The fraction of sp³-hybridized carbons (Fsp3) is 0.391. The summed E-state index contributed by atoms with van der Waals surface area (Å²) in [5.41, 5.74) is 1.73. The van der Waals surface area contributed by atoms with Gasteiger partial charge in [0.05, 0.1) is 18.8 Å². The molecule has 1 atom stereocenters. The molecule has 182 valence electrons. The fourth-order valence-electron chi connectivity index (χ4n) is 3.77. The maximum atomic E-state index is 11.3. The highest BCUT2D eigenvalue weighted by atomic mass is 32.1. The molecule has 4 aromatic rings. The number of thiazole rings is 1. The van der Waals surface area contributed by atoms with Gasteiger partial charge in [-0.15, -0.1) is 0 Å². The van der Waals surface area contributed by atoms with E-state index >= 15 is 0 Å². The zero-order valence-electron chi connectivity index (χ0n) is 19.9. The smallest absolute Gasteiger partial charge is 0.323 e. The molecule has 35 heavy (non-hydrogen) atoms. The topological polar surface area (TPSA) is 129 Å². The highest BCUT2D eigenvalue weighted by molar-refractivity contribution is 7.21. The van der Waals surface area contributed by atoms with E-state index in [2.05, 4.69) is 62.1 Å². The highest BCUT2D eigenvalue weighted by Gasteiger charge is 2.28. The second-order valence-electron chi connectivity index (χ2n) is 9.27. The highest BCUT2D eigenvalue weighted by Crippen LogP contribution is 2.33. The summed E-state index contributed by atoms with van der Waals surface area (Å²) < 4.78 is 13.4. The third-order valence-corrected chi connectivity index (χ3v) is 6.24. The Morgan fingerprint density at radius 3 is 2.83 bits per heavy atom. The molecule has 1 aliphatic heterocycles. The van der Waals surface area contributed by atoms with Gasteiger partial charge < -0.3 is 20.1 Å². The zero-order chi connectivity index (χ0) is 24.6. The van der Waals surface area contributed by atoms with Crippen molar-refractivity contribution >= 4 is 44.4 Å². The lowest BCUT2D eigenvalue weighted by atomic mass is 9.91. The van der Waals surface area contributed by atoms with E-state index in [9.17, 15) is 4.79 Å². The van der Waals surface area contributed by atoms with Crippen molar-refractivity contribution in [2.45, 2.75) is 45.6 Å². The van der Waals surface area contributed by atoms with Crippen molar-refractivity contribution in [1.29, 1.82) is 0 Å². The molecule has 11 nitrogen and oxygen atoms in total. The summed E-state index contributed by atoms with van der Waals surface area (Å²) >= 11 is 1.39. The molecule has 5 heterocycles. The molecule has 1 fully saturated rings. The molecule has 0 bridgehead atoms. The minimum absolute atomic E-state index is 0.0619. The molecule has 1 aliphatic rings. The van der Waals surface area contributed by atoms with Gasteiger partial charge in [0.1, 0.15) is 17.1 Å². The van der Waals surface area contributed by atoms with Gasteiger partial charge in [0.15, 0.2) is 15.8 Å². The van der Waals surface area contributed by atoms with Gasteiger partial charge in [-0.1, -0.05) is 32.1 Å². The first-order valence-corrected chi connectivity index (χ1v) is 12.1. The Morgan fingerprint density at radius 1 is 1.23 bits per heavy atom. The van der Waals surface area contributed by atoms with Crippen LogP contribution in [0, 0.1) is 0 Å². The summed E-state index contributed by atoms with van der Waals surface area (Å²) in [5, 5.41) is 11.4. The van der Waals surface area contributed by atoms with Gasteiger partial charge in [-0.2, -0.15) is 10.1 Å². The SMILES string of the molecule is CC(=O)Nc1cc(Oc2ncc3nc(Nc4cc(C(C)(C)C)n([C@@H]5CCOC5)n4)sc3n2)ccn1. The number of nitrogens with one attached hydrogen (secondary N) is 2. The molecule has 0 aromatic carbocycles. The summed E-state index contributed by atoms with van der Waals surface area (Å²) in [6.45, 7) is 9.38. The van der Waals surface area contributed by atoms with Crippen molar-refractivity contribution in [3.63, 3.8) is 0 Å². The Morgan fingerprint density at radius 2 is 2.09 bits per heavy atom. The molecule has 2 N–H and O–H groups in total. The van der Waals surface area contributed by atoms with E-state index in [1.165, 1.54) is 24.5 Å². The monoisotopic (exact) mass is 494 g/mol. The Labute approximate surface area is 205 Å². The van der Waals surface area contributed by atoms with E-state index in [4.69, 9.17) is 14.6 Å². The van der Waals surface area contributed by atoms with Crippen LogP contribution in [0.3, 0.4) is 0 Å². The van der Waals surface area contributed by atoms with Gasteiger partial charge >= 0.3 is 6.01 Å². The first-order chi connectivity index (χ1) is 16.7. The molecule has 0 unspecified atom stereocenters. The lowest BCUT2D eigenvalue weighted by Gasteiger charge is -2.22. The molecule has 5 rings (SSSR count). The van der Waals surface area contributed by atoms with Crippen LogP contribution in [0.15, 0.2) is 30.6 Å². The predicted molar refractivity (Wildman–Crippen MR) is 133 cm³/mol. The summed E-state index contributed by atoms with van der Waals surface area (Å²) in [4.78, 5) is 29.3. The number of rotatable bonds is 6. The number of carbonyl (C=O) groups is 1. The number of aromatic nitrogens is 6. The molecule has 1 saturated heterocycles. The third-order valence-electron chi connectivity index (χ3n) is 5.36. The Hall–Kier alpha value is -3.64. The van der Waals surface area contributed by atoms with Crippen LogP contribution in [0.25, 0.3) is 10.3 Å². The summed E-state index contributed by atoms with van der Waals surface area (Å²) in [6, 6.07) is 5.75. The first kappa shape index (κ1) is 23.1. The van der Waals surface area contributed by atoms with Crippen molar-refractivity contribution in [2.75, 3.05) is 23.8 Å². The lowest BCUT2D eigenvalue weighted by Crippen LogP contribution is -2.22. The minimum Gasteiger partial charge on any atom is -0.424 e. The number of hydrogen-bond donors (Lipinski definition) is 2. The van der Waals surface area contributed by atoms with Crippen molar-refractivity contribution in [2.24, 2.45) is 0 Å². The van der Waals surface area contributed by atoms with Crippen LogP contribution in [0.1, 0.15) is 45.9 Å². The van der Waals surface area contributed by atoms with Gasteiger partial charge in [-0.25, -0.2) is 15.0 Å². The number of anilines is 3. The van der Waals surface area contributed by atoms with Crippen LogP contribution in [0.5, 0.6) is 11.8 Å². The summed E-state index contributed by atoms with van der Waals surface area (Å²) in [5.74, 6) is 1.36. The fourth-order valence-corrected chi connectivity index (χ4v) is 4.58. The Balaban J connectivity index is 1.36. The van der Waals surface area contributed by atoms with Crippen LogP contribution in [-0.4, -0.2) is 48.8 Å². The summed E-state index contributed by atoms with van der Waals surface area (Å²) in [7, 11) is 0. The molecule has 12 heteroatoms. The van der Waals surface area contributed by atoms with E-state index in [0.717, 1.165) is 24.5 Å². The maximum absolute atomic E-state index is 11.3. The van der Waals surface area contributed by atoms with Gasteiger partial charge in [-0.05, 0) is 12.5 Å². The van der Waals surface area contributed by atoms with Gasteiger partial charge in [0.25, 0.3) is 0 Å². The largest absolute Gasteiger partial charge is 0.424 e. The Bertz CT molecular complexity index is 1370. The van der Waals surface area contributed by atoms with E-state index in [1.807, 2.05) is 0 Å². The normalized spacial score (nSPS) is 15.9. The number of amides is 1. The first-order valence-electron chi connectivity index (χ1n) is 11.2. The van der Waals surface area contributed by atoms with Crippen LogP contribution in [0.4, 0.5) is 16.8 Å². The number of fused-ring (bicyclic) bond motifs is 1. The van der Waals surface area contributed by atoms with E-state index in [0.29, 0.717) is 33.7 Å². The minimum atomic E-state index is -0.215. The molecular weight excluding hydrogens is 468 g/mol. The maximum Gasteiger partial charge on any atom is 0.323 e. The van der Waals surface area contributed by atoms with Crippen molar-refractivity contribution < 1.29 is 14.3 Å². The lowest BCUT2D eigenvalue weighted by molar-refractivity contribution is -0.114. The van der Waals surface area contributed by atoms with Crippen LogP contribution >= 0.6 is 11.3 Å². The van der Waals surface area contributed by atoms with Crippen molar-refractivity contribution in [3.8, 4) is 11.8 Å². The molecule has 0 aliphatic carbocycles. The van der Waals surface area contributed by atoms with Gasteiger partial charge in [0, 0.05) is 43.0 Å². The average Bonchev–Trinajstić information content (AvgIpc) is 3.52. The number of nitrogens with zero attached hydrogens (tertiary/aromatic N) is 6. The number of hydrogen-bond acceptors (Lipinski definition) is 10. The van der Waals surface area contributed by atoms with Gasteiger partial charge in [-0.3, -0.25) is 9.48 Å². The quantitative estimate of drug-likeness (QED) is 0.400. The molecule has 0 spiro atoms. The Kier molecular flexibility index (Phi) is 6.07. The van der Waals surface area contributed by atoms with E-state index in [1.54, 1.807) is 18.3 Å². The van der Waals surface area contributed by atoms with Crippen LogP contribution in [0.2, 0.25) is 0 Å². The van der Waals surface area contributed by atoms with E-state index in [-0.39, 0.29) is 23.4 Å². The standard InChI is InChI=1S/C23H26N8O3S/c1-13(32)26-18-9-15(5-7-24-18)34-21-25-11-16-20(29-21)35-22(27-16)28-19-10-17(23(2,3)4)31(30-19)14-6-8-33-12-14/h5,7,9-11,14H,6,8,12H2,1-4H3,(H,24,26,32)(H,27,28,30)/t14-/m1/s1. The molecule has 4 aromatic heterocycles. The second kappa shape index (κ2) is 9.19. The predicted octanol–water partition coefficient (Wildman–Crippen LogP) is 4.43. The molecule has 0 saturated carbocycles. The number of ether oxygens (including phenoxy) is 2. The molecule has 1 amide bonds. The zero-order valence-corrected chi connectivity index (χ0v) is 20.7. The third kappa shape index (κ3) is 5.23. The van der Waals surface area contributed by atoms with E-state index < -0.39 is 0 Å². The van der Waals surface area contributed by atoms with Crippen molar-refractivity contribution in [1.82, 2.24) is 29.7 Å². The van der Waals surface area contributed by atoms with Crippen LogP contribution in [-0.2, 0) is 14.9 Å². The number of carbonyl (C=O) groups excluding carboxylic acids is 1. The van der Waals surface area contributed by atoms with Crippen LogP contribution < -0.4 is 15.4 Å². The summed E-state index contributed by atoms with van der Waals surface area (Å²) in [6.07, 6.45) is 4.11. The van der Waals surface area contributed by atoms with Gasteiger partial charge in [0.2, 0.25) is 5.91 Å². The van der Waals surface area contributed by atoms with Crippen molar-refractivity contribution in [3.05, 3.63) is 36.3 Å². The molecule has 0 radical (unpaired) electrons. The number of pyridine rings is 1. The molecular formula is C23H26N8O3S. The average molecular weight is 495 g/mol.